The predicted molar refractivity (Wildman–Crippen MR) is 110 cm³/mol. The normalized spacial score (nSPS) is 15.1. The van der Waals surface area contributed by atoms with Crippen LogP contribution in [0.25, 0.3) is 11.0 Å². The minimum Gasteiger partial charge on any atom is -0.484 e. The number of halogens is 2. The Balaban J connectivity index is 1.36. The number of hydrogen-bond acceptors (Lipinski definition) is 6. The van der Waals surface area contributed by atoms with E-state index >= 15 is 0 Å². The third-order valence-electron chi connectivity index (χ3n) is 5.06. The number of sulfonamides is 1. The molecule has 11 heteroatoms. The van der Waals surface area contributed by atoms with Gasteiger partial charge < -0.3 is 14.1 Å². The molecular formula is C21H18F2N2O6S. The van der Waals surface area contributed by atoms with Crippen molar-refractivity contribution in [2.24, 2.45) is 0 Å². The molecule has 2 heterocycles. The Kier molecular flexibility index (Phi) is 5.94. The summed E-state index contributed by atoms with van der Waals surface area (Å²) in [5.41, 5.74) is -0.178. The number of carbonyl (C=O) groups excluding carboxylic acids is 1. The van der Waals surface area contributed by atoms with E-state index in [2.05, 4.69) is 0 Å². The molecular weight excluding hydrogens is 446 g/mol. The van der Waals surface area contributed by atoms with Gasteiger partial charge in [-0.05, 0) is 36.4 Å². The second-order valence-electron chi connectivity index (χ2n) is 7.10. The Hall–Kier alpha value is -3.31. The van der Waals surface area contributed by atoms with Crippen LogP contribution in [0.5, 0.6) is 5.75 Å². The number of amides is 1. The van der Waals surface area contributed by atoms with E-state index in [1.807, 2.05) is 0 Å². The maximum atomic E-state index is 13.9. The molecule has 8 nitrogen and oxygen atoms in total. The first-order chi connectivity index (χ1) is 15.2. The van der Waals surface area contributed by atoms with Gasteiger partial charge in [0.1, 0.15) is 27.9 Å². The summed E-state index contributed by atoms with van der Waals surface area (Å²) < 4.78 is 64.2. The van der Waals surface area contributed by atoms with Gasteiger partial charge in [0.05, 0.1) is 0 Å². The van der Waals surface area contributed by atoms with Crippen molar-refractivity contribution in [2.45, 2.75) is 4.90 Å². The van der Waals surface area contributed by atoms with E-state index in [0.717, 1.165) is 16.4 Å². The molecule has 32 heavy (non-hydrogen) atoms. The van der Waals surface area contributed by atoms with Crippen LogP contribution < -0.4 is 10.4 Å². The van der Waals surface area contributed by atoms with Gasteiger partial charge in [-0.15, -0.1) is 0 Å². The Morgan fingerprint density at radius 1 is 1.00 bits per heavy atom. The van der Waals surface area contributed by atoms with Gasteiger partial charge in [0, 0.05) is 43.7 Å². The largest absolute Gasteiger partial charge is 0.484 e. The van der Waals surface area contributed by atoms with Gasteiger partial charge in [0.2, 0.25) is 10.0 Å². The Labute approximate surface area is 181 Å². The Morgan fingerprint density at radius 3 is 2.47 bits per heavy atom. The smallest absolute Gasteiger partial charge is 0.336 e. The minimum absolute atomic E-state index is 0.0643. The fourth-order valence-corrected chi connectivity index (χ4v) is 4.86. The zero-order valence-corrected chi connectivity index (χ0v) is 17.5. The lowest BCUT2D eigenvalue weighted by Gasteiger charge is -2.34. The van der Waals surface area contributed by atoms with Crippen molar-refractivity contribution in [1.29, 1.82) is 0 Å². The molecule has 1 saturated heterocycles. The molecule has 0 aliphatic carbocycles. The maximum Gasteiger partial charge on any atom is 0.336 e. The number of hydrogen-bond donors (Lipinski definition) is 0. The zero-order valence-electron chi connectivity index (χ0n) is 16.7. The van der Waals surface area contributed by atoms with Crippen molar-refractivity contribution < 1.29 is 31.1 Å². The average molecular weight is 464 g/mol. The van der Waals surface area contributed by atoms with Gasteiger partial charge in [-0.25, -0.2) is 22.0 Å². The van der Waals surface area contributed by atoms with Gasteiger partial charge in [-0.1, -0.05) is 0 Å². The summed E-state index contributed by atoms with van der Waals surface area (Å²) in [7, 11) is -4.23. The SMILES string of the molecule is O=C(COc1ccc2ccc(=O)oc2c1)N1CCN(S(=O)(=O)c2cc(F)ccc2F)CC1. The molecule has 2 aromatic carbocycles. The lowest BCUT2D eigenvalue weighted by atomic mass is 10.2. The first kappa shape index (κ1) is 21.9. The van der Waals surface area contributed by atoms with Crippen molar-refractivity contribution in [3.05, 3.63) is 70.6 Å². The molecule has 0 bridgehead atoms. The second-order valence-corrected chi connectivity index (χ2v) is 9.01. The molecule has 0 saturated carbocycles. The standard InChI is InChI=1S/C21H18F2N2O6S/c22-15-3-5-17(23)19(11-15)32(28,29)25-9-7-24(8-10-25)20(26)13-30-16-4-1-14-2-6-21(27)31-18(14)12-16/h1-6,11-12H,7-10,13H2. The lowest BCUT2D eigenvalue weighted by molar-refractivity contribution is -0.134. The van der Waals surface area contributed by atoms with Crippen LogP contribution >= 0.6 is 0 Å². The third-order valence-corrected chi connectivity index (χ3v) is 6.97. The number of rotatable bonds is 5. The molecule has 168 valence electrons. The molecule has 0 atom stereocenters. The van der Waals surface area contributed by atoms with Crippen molar-refractivity contribution >= 4 is 26.9 Å². The fraction of sp³-hybridized carbons (Fsp3) is 0.238. The number of piperazine rings is 1. The highest BCUT2D eigenvalue weighted by Crippen LogP contribution is 2.22. The molecule has 0 unspecified atom stereocenters. The summed E-state index contributed by atoms with van der Waals surface area (Å²) in [6.45, 7) is -0.278. The minimum atomic E-state index is -4.23. The highest BCUT2D eigenvalue weighted by Gasteiger charge is 2.32. The van der Waals surface area contributed by atoms with E-state index < -0.39 is 32.2 Å². The summed E-state index contributed by atoms with van der Waals surface area (Å²) in [5, 5.41) is 0.704. The van der Waals surface area contributed by atoms with Gasteiger partial charge in [0.25, 0.3) is 5.91 Å². The number of ether oxygens (including phenoxy) is 1. The van der Waals surface area contributed by atoms with Gasteiger partial charge in [-0.2, -0.15) is 4.31 Å². The number of fused-ring (bicyclic) bond motifs is 1. The van der Waals surface area contributed by atoms with Crippen LogP contribution in [-0.4, -0.2) is 56.3 Å². The molecule has 1 aromatic heterocycles. The quantitative estimate of drug-likeness (QED) is 0.536. The monoisotopic (exact) mass is 464 g/mol. The molecule has 4 rings (SSSR count). The average Bonchev–Trinajstić information content (AvgIpc) is 2.78. The molecule has 3 aromatic rings. The topological polar surface area (TPSA) is 97.1 Å². The molecule has 0 spiro atoms. The van der Waals surface area contributed by atoms with E-state index in [9.17, 15) is 26.8 Å². The Morgan fingerprint density at radius 2 is 1.72 bits per heavy atom. The molecule has 1 amide bonds. The lowest BCUT2D eigenvalue weighted by Crippen LogP contribution is -2.51. The Bertz CT molecular complexity index is 1330. The van der Waals surface area contributed by atoms with Crippen LogP contribution in [0.1, 0.15) is 0 Å². The van der Waals surface area contributed by atoms with Crippen molar-refractivity contribution in [2.75, 3.05) is 32.8 Å². The number of nitrogens with zero attached hydrogens (tertiary/aromatic N) is 2. The van der Waals surface area contributed by atoms with E-state index in [0.29, 0.717) is 22.8 Å². The maximum absolute atomic E-state index is 13.9. The van der Waals surface area contributed by atoms with E-state index in [1.54, 1.807) is 18.2 Å². The first-order valence-corrected chi connectivity index (χ1v) is 11.1. The predicted octanol–water partition coefficient (Wildman–Crippen LogP) is 1.98. The first-order valence-electron chi connectivity index (χ1n) is 9.64. The molecule has 1 fully saturated rings. The van der Waals surface area contributed by atoms with Gasteiger partial charge >= 0.3 is 5.63 Å². The van der Waals surface area contributed by atoms with Crippen LogP contribution in [0.4, 0.5) is 8.78 Å². The molecule has 0 N–H and O–H groups in total. The van der Waals surface area contributed by atoms with Crippen LogP contribution in [0, 0.1) is 11.6 Å². The van der Waals surface area contributed by atoms with E-state index in [4.69, 9.17) is 9.15 Å². The molecule has 1 aliphatic heterocycles. The third kappa shape index (κ3) is 4.48. The number of benzene rings is 2. The number of carbonyl (C=O) groups is 1. The highest BCUT2D eigenvalue weighted by molar-refractivity contribution is 7.89. The van der Waals surface area contributed by atoms with Crippen LogP contribution in [-0.2, 0) is 14.8 Å². The summed E-state index contributed by atoms with van der Waals surface area (Å²) in [6.07, 6.45) is 0. The van der Waals surface area contributed by atoms with Crippen LogP contribution in [0.15, 0.2) is 62.6 Å². The van der Waals surface area contributed by atoms with E-state index in [-0.39, 0.29) is 38.7 Å². The zero-order chi connectivity index (χ0) is 22.9. The fourth-order valence-electron chi connectivity index (χ4n) is 3.36. The summed E-state index contributed by atoms with van der Waals surface area (Å²) in [6, 6.07) is 9.98. The summed E-state index contributed by atoms with van der Waals surface area (Å²) in [4.78, 5) is 24.5. The highest BCUT2D eigenvalue weighted by atomic mass is 32.2. The molecule has 0 radical (unpaired) electrons. The van der Waals surface area contributed by atoms with Crippen LogP contribution in [0.3, 0.4) is 0 Å². The van der Waals surface area contributed by atoms with Gasteiger partial charge in [0.15, 0.2) is 6.61 Å². The molecule has 1 aliphatic rings. The van der Waals surface area contributed by atoms with Crippen molar-refractivity contribution in [3.8, 4) is 5.75 Å². The van der Waals surface area contributed by atoms with E-state index in [1.165, 1.54) is 17.0 Å². The van der Waals surface area contributed by atoms with Gasteiger partial charge in [-0.3, -0.25) is 4.79 Å². The van der Waals surface area contributed by atoms with Crippen molar-refractivity contribution in [3.63, 3.8) is 0 Å². The summed E-state index contributed by atoms with van der Waals surface area (Å²) in [5.74, 6) is -1.93. The summed E-state index contributed by atoms with van der Waals surface area (Å²) >= 11 is 0. The van der Waals surface area contributed by atoms with Crippen LogP contribution in [0.2, 0.25) is 0 Å². The van der Waals surface area contributed by atoms with Crippen molar-refractivity contribution in [1.82, 2.24) is 9.21 Å². The second kappa shape index (κ2) is 8.67.